The van der Waals surface area contributed by atoms with Crippen molar-refractivity contribution in [2.24, 2.45) is 7.05 Å². The molecule has 0 atom stereocenters. The third kappa shape index (κ3) is 2.23. The van der Waals surface area contributed by atoms with Gasteiger partial charge in [-0.3, -0.25) is 9.67 Å². The minimum Gasteiger partial charge on any atom is -0.368 e. The average Bonchev–Trinajstić information content (AvgIpc) is 3.13. The summed E-state index contributed by atoms with van der Waals surface area (Å²) in [6.45, 7) is 4.23. The summed E-state index contributed by atoms with van der Waals surface area (Å²) in [6.07, 6.45) is 9.14. The van der Waals surface area contributed by atoms with Gasteiger partial charge in [-0.1, -0.05) is 0 Å². The maximum atomic E-state index is 4.58. The number of allylic oxidation sites excluding steroid dienone is 1. The SMILES string of the molecule is Cn1cc(C2=Cc3c(N4CCNCC4)ccnc3C2)cn1. The van der Waals surface area contributed by atoms with E-state index in [0.717, 1.165) is 32.6 Å². The summed E-state index contributed by atoms with van der Waals surface area (Å²) < 4.78 is 1.85. The Kier molecular flexibility index (Phi) is 3.00. The van der Waals surface area contributed by atoms with Crippen LogP contribution in [-0.2, 0) is 13.5 Å². The first-order valence-corrected chi connectivity index (χ1v) is 7.44. The maximum Gasteiger partial charge on any atom is 0.0565 e. The van der Waals surface area contributed by atoms with Crippen molar-refractivity contribution in [2.75, 3.05) is 31.1 Å². The summed E-state index contributed by atoms with van der Waals surface area (Å²) in [7, 11) is 1.95. The summed E-state index contributed by atoms with van der Waals surface area (Å²) in [5, 5.41) is 7.68. The lowest BCUT2D eigenvalue weighted by Crippen LogP contribution is -2.43. The van der Waals surface area contributed by atoms with Crippen LogP contribution >= 0.6 is 0 Å². The fraction of sp³-hybridized carbons (Fsp3) is 0.375. The molecule has 1 saturated heterocycles. The number of hydrogen-bond acceptors (Lipinski definition) is 4. The van der Waals surface area contributed by atoms with E-state index in [1.165, 1.54) is 28.1 Å². The van der Waals surface area contributed by atoms with Crippen LogP contribution in [0.5, 0.6) is 0 Å². The number of nitrogens with zero attached hydrogens (tertiary/aromatic N) is 4. The highest BCUT2D eigenvalue weighted by Crippen LogP contribution is 2.35. The van der Waals surface area contributed by atoms with Gasteiger partial charge in [-0.2, -0.15) is 5.10 Å². The largest absolute Gasteiger partial charge is 0.368 e. The number of hydrogen-bond donors (Lipinski definition) is 1. The Hall–Kier alpha value is -2.14. The van der Waals surface area contributed by atoms with Gasteiger partial charge in [0, 0.05) is 68.9 Å². The highest BCUT2D eigenvalue weighted by atomic mass is 15.2. The van der Waals surface area contributed by atoms with Crippen LogP contribution < -0.4 is 10.2 Å². The van der Waals surface area contributed by atoms with Gasteiger partial charge in [0.15, 0.2) is 0 Å². The van der Waals surface area contributed by atoms with E-state index in [-0.39, 0.29) is 0 Å². The molecule has 2 aromatic heterocycles. The van der Waals surface area contributed by atoms with E-state index < -0.39 is 0 Å². The predicted molar refractivity (Wildman–Crippen MR) is 84.1 cm³/mol. The van der Waals surface area contributed by atoms with Crippen molar-refractivity contribution in [3.05, 3.63) is 41.5 Å². The second-order valence-electron chi connectivity index (χ2n) is 5.68. The van der Waals surface area contributed by atoms with Gasteiger partial charge in [-0.25, -0.2) is 0 Å². The highest BCUT2D eigenvalue weighted by Gasteiger charge is 2.22. The molecule has 21 heavy (non-hydrogen) atoms. The van der Waals surface area contributed by atoms with E-state index in [2.05, 4.69) is 38.6 Å². The summed E-state index contributed by atoms with van der Waals surface area (Å²) in [4.78, 5) is 7.03. The van der Waals surface area contributed by atoms with E-state index in [0.29, 0.717) is 0 Å². The van der Waals surface area contributed by atoms with Crippen LogP contribution in [0.15, 0.2) is 24.7 Å². The minimum atomic E-state index is 0.904. The van der Waals surface area contributed by atoms with Crippen molar-refractivity contribution < 1.29 is 0 Å². The molecule has 0 radical (unpaired) electrons. The average molecular weight is 281 g/mol. The fourth-order valence-electron chi connectivity index (χ4n) is 3.16. The molecule has 0 amide bonds. The fourth-order valence-corrected chi connectivity index (χ4v) is 3.16. The molecule has 0 bridgehead atoms. The Morgan fingerprint density at radius 2 is 2.10 bits per heavy atom. The Balaban J connectivity index is 1.71. The van der Waals surface area contributed by atoms with E-state index in [1.807, 2.05) is 24.1 Å². The molecule has 5 nitrogen and oxygen atoms in total. The lowest BCUT2D eigenvalue weighted by atomic mass is 10.1. The number of pyridine rings is 1. The molecule has 1 aliphatic carbocycles. The van der Waals surface area contributed by atoms with Crippen LogP contribution in [0.1, 0.15) is 16.8 Å². The first-order valence-electron chi connectivity index (χ1n) is 7.44. The molecule has 0 aromatic carbocycles. The van der Waals surface area contributed by atoms with Gasteiger partial charge in [0.05, 0.1) is 11.9 Å². The zero-order valence-corrected chi connectivity index (χ0v) is 12.2. The third-order valence-electron chi connectivity index (χ3n) is 4.26. The minimum absolute atomic E-state index is 0.904. The number of nitrogens with one attached hydrogen (secondary N) is 1. The first-order chi connectivity index (χ1) is 10.3. The van der Waals surface area contributed by atoms with E-state index >= 15 is 0 Å². The van der Waals surface area contributed by atoms with Crippen molar-refractivity contribution in [1.29, 1.82) is 0 Å². The molecule has 0 spiro atoms. The second kappa shape index (κ2) is 5.00. The molecule has 0 saturated carbocycles. The van der Waals surface area contributed by atoms with Crippen molar-refractivity contribution in [2.45, 2.75) is 6.42 Å². The summed E-state index contributed by atoms with van der Waals surface area (Å²) in [5.41, 5.74) is 6.30. The van der Waals surface area contributed by atoms with Gasteiger partial charge in [0.25, 0.3) is 0 Å². The summed E-state index contributed by atoms with van der Waals surface area (Å²) in [5.74, 6) is 0. The van der Waals surface area contributed by atoms with E-state index in [9.17, 15) is 0 Å². The zero-order chi connectivity index (χ0) is 14.2. The predicted octanol–water partition coefficient (Wildman–Crippen LogP) is 1.32. The Morgan fingerprint density at radius 1 is 1.24 bits per heavy atom. The smallest absolute Gasteiger partial charge is 0.0565 e. The number of aromatic nitrogens is 3. The standard InChI is InChI=1S/C16H19N5/c1-20-11-13(10-19-20)12-8-14-15(9-12)18-3-2-16(14)21-6-4-17-5-7-21/h2-3,8,10-11,17H,4-7,9H2,1H3. The molecular weight excluding hydrogens is 262 g/mol. The molecule has 1 aliphatic heterocycles. The third-order valence-corrected chi connectivity index (χ3v) is 4.26. The zero-order valence-electron chi connectivity index (χ0n) is 12.2. The van der Waals surface area contributed by atoms with Crippen LogP contribution in [0.2, 0.25) is 0 Å². The number of anilines is 1. The monoisotopic (exact) mass is 281 g/mol. The van der Waals surface area contributed by atoms with Gasteiger partial charge < -0.3 is 10.2 Å². The normalized spacial score (nSPS) is 17.8. The Labute approximate surface area is 124 Å². The molecule has 3 heterocycles. The van der Waals surface area contributed by atoms with Gasteiger partial charge in [0.2, 0.25) is 0 Å². The number of rotatable bonds is 2. The topological polar surface area (TPSA) is 46.0 Å². The highest BCUT2D eigenvalue weighted by molar-refractivity contribution is 5.91. The van der Waals surface area contributed by atoms with Gasteiger partial charge >= 0.3 is 0 Å². The summed E-state index contributed by atoms with van der Waals surface area (Å²) >= 11 is 0. The lowest BCUT2D eigenvalue weighted by Gasteiger charge is -2.30. The van der Waals surface area contributed by atoms with Gasteiger partial charge in [-0.05, 0) is 17.7 Å². The van der Waals surface area contributed by atoms with Crippen LogP contribution in [0.3, 0.4) is 0 Å². The Bertz CT molecular complexity index is 694. The molecule has 1 N–H and O–H groups in total. The summed E-state index contributed by atoms with van der Waals surface area (Å²) in [6, 6.07) is 2.15. The van der Waals surface area contributed by atoms with E-state index in [4.69, 9.17) is 0 Å². The molecule has 108 valence electrons. The number of piperazine rings is 1. The van der Waals surface area contributed by atoms with Crippen LogP contribution in [-0.4, -0.2) is 40.9 Å². The quantitative estimate of drug-likeness (QED) is 0.902. The van der Waals surface area contributed by atoms with Crippen molar-refractivity contribution in [3.8, 4) is 0 Å². The molecule has 2 aliphatic rings. The maximum absolute atomic E-state index is 4.58. The molecule has 1 fully saturated rings. The van der Waals surface area contributed by atoms with Crippen LogP contribution in [0.4, 0.5) is 5.69 Å². The van der Waals surface area contributed by atoms with Gasteiger partial charge in [-0.15, -0.1) is 0 Å². The van der Waals surface area contributed by atoms with Gasteiger partial charge in [0.1, 0.15) is 0 Å². The van der Waals surface area contributed by atoms with Crippen molar-refractivity contribution in [1.82, 2.24) is 20.1 Å². The number of fused-ring (bicyclic) bond motifs is 1. The van der Waals surface area contributed by atoms with Crippen LogP contribution in [0, 0.1) is 0 Å². The van der Waals surface area contributed by atoms with Crippen molar-refractivity contribution in [3.63, 3.8) is 0 Å². The number of aryl methyl sites for hydroxylation is 1. The van der Waals surface area contributed by atoms with Crippen molar-refractivity contribution >= 4 is 17.3 Å². The lowest BCUT2D eigenvalue weighted by molar-refractivity contribution is 0.588. The first kappa shape index (κ1) is 12.6. The molecule has 2 aromatic rings. The molecule has 4 rings (SSSR count). The molecule has 5 heteroatoms. The molecule has 0 unspecified atom stereocenters. The molecular formula is C16H19N5. The Morgan fingerprint density at radius 3 is 2.86 bits per heavy atom. The second-order valence-corrected chi connectivity index (χ2v) is 5.68. The van der Waals surface area contributed by atoms with Crippen LogP contribution in [0.25, 0.3) is 11.6 Å². The van der Waals surface area contributed by atoms with E-state index in [1.54, 1.807) is 0 Å².